The number of carbonyl (C=O) groups excluding carboxylic acids is 1. The van der Waals surface area contributed by atoms with Gasteiger partial charge in [0.1, 0.15) is 5.82 Å². The number of nitro benzene ring substituents is 1. The first-order chi connectivity index (χ1) is 12.1. The molecule has 0 spiro atoms. The molecule has 0 saturated carbocycles. The molecule has 0 fully saturated rings. The number of aromatic nitrogens is 4. The number of nitro groups is 1. The maximum atomic E-state index is 12.3. The fraction of sp³-hybridized carbons (Fsp3) is 0.0667. The molecule has 1 N–H and O–H groups in total. The fourth-order valence-electron chi connectivity index (χ4n) is 2.05. The van der Waals surface area contributed by atoms with Crippen LogP contribution in [0.1, 0.15) is 10.5 Å². The van der Waals surface area contributed by atoms with Crippen LogP contribution in [0, 0.1) is 10.1 Å². The molecule has 25 heavy (non-hydrogen) atoms. The summed E-state index contributed by atoms with van der Waals surface area (Å²) in [6.07, 6.45) is 1.50. The van der Waals surface area contributed by atoms with Crippen LogP contribution in [0.5, 0.6) is 5.88 Å². The second kappa shape index (κ2) is 6.74. The van der Waals surface area contributed by atoms with Gasteiger partial charge in [0.15, 0.2) is 5.69 Å². The molecule has 3 rings (SSSR count). The zero-order valence-electron chi connectivity index (χ0n) is 13.0. The number of rotatable bonds is 5. The predicted octanol–water partition coefficient (Wildman–Crippen LogP) is 1.83. The first kappa shape index (κ1) is 16.1. The third-order valence-electron chi connectivity index (χ3n) is 3.27. The van der Waals surface area contributed by atoms with E-state index < -0.39 is 10.8 Å². The van der Waals surface area contributed by atoms with Gasteiger partial charge in [0, 0.05) is 24.3 Å². The third kappa shape index (κ3) is 3.42. The van der Waals surface area contributed by atoms with E-state index in [0.29, 0.717) is 17.4 Å². The highest BCUT2D eigenvalue weighted by atomic mass is 16.6. The van der Waals surface area contributed by atoms with Crippen molar-refractivity contribution in [1.29, 1.82) is 0 Å². The highest BCUT2D eigenvalue weighted by Gasteiger charge is 2.13. The second-order valence-corrected chi connectivity index (χ2v) is 4.82. The van der Waals surface area contributed by atoms with Gasteiger partial charge in [0.05, 0.1) is 23.9 Å². The van der Waals surface area contributed by atoms with Crippen LogP contribution in [-0.2, 0) is 0 Å². The highest BCUT2D eigenvalue weighted by molar-refractivity contribution is 6.02. The molecule has 0 saturated heterocycles. The Kier molecular flexibility index (Phi) is 4.33. The molecule has 10 nitrogen and oxygen atoms in total. The zero-order valence-corrected chi connectivity index (χ0v) is 13.0. The van der Waals surface area contributed by atoms with E-state index in [1.165, 1.54) is 54.4 Å². The number of nitrogens with zero attached hydrogens (tertiary/aromatic N) is 5. The van der Waals surface area contributed by atoms with Gasteiger partial charge in [-0.25, -0.2) is 4.68 Å². The van der Waals surface area contributed by atoms with Gasteiger partial charge in [-0.05, 0) is 18.2 Å². The molecule has 0 aliphatic heterocycles. The average molecular weight is 340 g/mol. The molecule has 0 aliphatic carbocycles. The monoisotopic (exact) mass is 340 g/mol. The first-order valence-corrected chi connectivity index (χ1v) is 7.06. The summed E-state index contributed by atoms with van der Waals surface area (Å²) in [7, 11) is 1.45. The van der Waals surface area contributed by atoms with E-state index >= 15 is 0 Å². The van der Waals surface area contributed by atoms with E-state index in [2.05, 4.69) is 20.6 Å². The number of benzene rings is 1. The first-order valence-electron chi connectivity index (χ1n) is 7.06. The Hall–Kier alpha value is -3.82. The zero-order chi connectivity index (χ0) is 17.8. The van der Waals surface area contributed by atoms with Gasteiger partial charge in [-0.3, -0.25) is 14.9 Å². The normalized spacial score (nSPS) is 10.3. The summed E-state index contributed by atoms with van der Waals surface area (Å²) in [5.41, 5.74) is 0.638. The number of hydrogen-bond donors (Lipinski definition) is 1. The largest absolute Gasteiger partial charge is 0.480 e. The lowest BCUT2D eigenvalue weighted by molar-refractivity contribution is -0.384. The summed E-state index contributed by atoms with van der Waals surface area (Å²) in [4.78, 5) is 22.5. The molecule has 0 aliphatic rings. The molecule has 0 radical (unpaired) electrons. The van der Waals surface area contributed by atoms with Gasteiger partial charge in [-0.2, -0.15) is 5.10 Å². The number of nitrogens with one attached hydrogen (secondary N) is 1. The van der Waals surface area contributed by atoms with Crippen molar-refractivity contribution in [3.63, 3.8) is 0 Å². The number of hydrogen-bond acceptors (Lipinski definition) is 7. The Balaban J connectivity index is 1.81. The average Bonchev–Trinajstić information content (AvgIpc) is 3.10. The van der Waals surface area contributed by atoms with E-state index in [1.54, 1.807) is 6.07 Å². The van der Waals surface area contributed by atoms with E-state index in [0.717, 1.165) is 0 Å². The summed E-state index contributed by atoms with van der Waals surface area (Å²) in [6.45, 7) is 0. The van der Waals surface area contributed by atoms with Crippen molar-refractivity contribution in [2.24, 2.45) is 0 Å². The lowest BCUT2D eigenvalue weighted by atomic mass is 10.3. The van der Waals surface area contributed by atoms with Crippen LogP contribution in [0.2, 0.25) is 0 Å². The standard InChI is InChI=1S/C15H12N6O4/c1-25-14-7-6-12(18-19-14)15(22)17-13-8-9-16-20(13)10-2-4-11(5-3-10)21(23)24/h2-9H,1H3,(H,17,22). The van der Waals surface area contributed by atoms with Crippen LogP contribution < -0.4 is 10.1 Å². The Morgan fingerprint density at radius 3 is 2.52 bits per heavy atom. The topological polar surface area (TPSA) is 125 Å². The number of non-ortho nitro benzene ring substituents is 1. The maximum Gasteiger partial charge on any atom is 0.277 e. The quantitative estimate of drug-likeness (QED) is 0.555. The summed E-state index contributed by atoms with van der Waals surface area (Å²) < 4.78 is 6.33. The van der Waals surface area contributed by atoms with Gasteiger partial charge in [0.25, 0.3) is 11.6 Å². The van der Waals surface area contributed by atoms with Crippen molar-refractivity contribution in [2.75, 3.05) is 12.4 Å². The Labute approximate surface area is 141 Å². The third-order valence-corrected chi connectivity index (χ3v) is 3.27. The Morgan fingerprint density at radius 2 is 1.92 bits per heavy atom. The summed E-state index contributed by atoms with van der Waals surface area (Å²) in [6, 6.07) is 10.4. The molecular formula is C15H12N6O4. The molecule has 126 valence electrons. The minimum atomic E-state index is -0.488. The molecule has 10 heteroatoms. The van der Waals surface area contributed by atoms with Crippen molar-refractivity contribution in [3.8, 4) is 11.6 Å². The van der Waals surface area contributed by atoms with E-state index in [1.807, 2.05) is 0 Å². The maximum absolute atomic E-state index is 12.3. The fourth-order valence-corrected chi connectivity index (χ4v) is 2.05. The molecule has 3 aromatic rings. The summed E-state index contributed by atoms with van der Waals surface area (Å²) in [5, 5.41) is 25.0. The predicted molar refractivity (Wildman–Crippen MR) is 86.8 cm³/mol. The summed E-state index contributed by atoms with van der Waals surface area (Å²) in [5.74, 6) is 0.211. The second-order valence-electron chi connectivity index (χ2n) is 4.82. The molecule has 0 atom stereocenters. The van der Waals surface area contributed by atoms with Crippen LogP contribution in [0.3, 0.4) is 0 Å². The van der Waals surface area contributed by atoms with Gasteiger partial charge < -0.3 is 10.1 Å². The van der Waals surface area contributed by atoms with Crippen molar-refractivity contribution in [3.05, 3.63) is 64.5 Å². The van der Waals surface area contributed by atoms with Crippen molar-refractivity contribution >= 4 is 17.4 Å². The number of carbonyl (C=O) groups is 1. The van der Waals surface area contributed by atoms with Gasteiger partial charge in [0.2, 0.25) is 5.88 Å². The lowest BCUT2D eigenvalue weighted by Gasteiger charge is -2.08. The molecule has 0 bridgehead atoms. The van der Waals surface area contributed by atoms with Crippen molar-refractivity contribution < 1.29 is 14.5 Å². The number of ether oxygens (including phenoxy) is 1. The minimum absolute atomic E-state index is 0.0324. The van der Waals surface area contributed by atoms with E-state index in [9.17, 15) is 14.9 Å². The Morgan fingerprint density at radius 1 is 1.16 bits per heavy atom. The number of methoxy groups -OCH3 is 1. The Bertz CT molecular complexity index is 905. The molecule has 2 aromatic heterocycles. The van der Waals surface area contributed by atoms with Gasteiger partial charge >= 0.3 is 0 Å². The number of anilines is 1. The lowest BCUT2D eigenvalue weighted by Crippen LogP contribution is -2.17. The molecule has 1 amide bonds. The molecule has 2 heterocycles. The number of amides is 1. The van der Waals surface area contributed by atoms with Crippen molar-refractivity contribution in [2.45, 2.75) is 0 Å². The highest BCUT2D eigenvalue weighted by Crippen LogP contribution is 2.19. The molecule has 0 unspecified atom stereocenters. The van der Waals surface area contributed by atoms with Crippen LogP contribution in [0.15, 0.2) is 48.7 Å². The molecule has 1 aromatic carbocycles. The van der Waals surface area contributed by atoms with Crippen LogP contribution >= 0.6 is 0 Å². The van der Waals surface area contributed by atoms with Crippen molar-refractivity contribution in [1.82, 2.24) is 20.0 Å². The summed E-state index contributed by atoms with van der Waals surface area (Å²) >= 11 is 0. The molecular weight excluding hydrogens is 328 g/mol. The van der Waals surface area contributed by atoms with E-state index in [4.69, 9.17) is 4.74 Å². The van der Waals surface area contributed by atoms with Gasteiger partial charge in [-0.1, -0.05) is 0 Å². The smallest absolute Gasteiger partial charge is 0.277 e. The van der Waals surface area contributed by atoms with Gasteiger partial charge in [-0.15, -0.1) is 10.2 Å². The minimum Gasteiger partial charge on any atom is -0.480 e. The van der Waals surface area contributed by atoms with E-state index in [-0.39, 0.29) is 11.4 Å². The van der Waals surface area contributed by atoms with Crippen LogP contribution in [-0.4, -0.2) is 37.9 Å². The van der Waals surface area contributed by atoms with Crippen LogP contribution in [0.4, 0.5) is 11.5 Å². The van der Waals surface area contributed by atoms with Crippen LogP contribution in [0.25, 0.3) is 5.69 Å². The SMILES string of the molecule is COc1ccc(C(=O)Nc2ccnn2-c2ccc([N+](=O)[O-])cc2)nn1.